The Balaban J connectivity index is 0.00000364. The molecule has 2 aromatic carbocycles. The topological polar surface area (TPSA) is 88.7 Å². The SMILES string of the molecule is CCNC(=NCc1cccc(OCC(N)=O)c1)NCCc1ccccc1.I. The number of rotatable bonds is 9. The molecule has 0 aromatic heterocycles. The maximum atomic E-state index is 10.8. The lowest BCUT2D eigenvalue weighted by atomic mass is 10.1. The van der Waals surface area contributed by atoms with Crippen LogP contribution in [0.4, 0.5) is 0 Å². The van der Waals surface area contributed by atoms with E-state index in [1.54, 1.807) is 6.07 Å². The van der Waals surface area contributed by atoms with E-state index in [0.29, 0.717) is 12.3 Å². The summed E-state index contributed by atoms with van der Waals surface area (Å²) in [6.07, 6.45) is 0.932. The third-order valence-corrected chi connectivity index (χ3v) is 3.59. The van der Waals surface area contributed by atoms with Gasteiger partial charge in [-0.1, -0.05) is 42.5 Å². The highest BCUT2D eigenvalue weighted by Crippen LogP contribution is 2.14. The number of carbonyl (C=O) groups excluding carboxylic acids is 1. The summed E-state index contributed by atoms with van der Waals surface area (Å²) in [5.41, 5.74) is 7.38. The van der Waals surface area contributed by atoms with Crippen molar-refractivity contribution in [2.75, 3.05) is 19.7 Å². The van der Waals surface area contributed by atoms with Crippen LogP contribution in [0.25, 0.3) is 0 Å². The Labute approximate surface area is 177 Å². The van der Waals surface area contributed by atoms with Crippen LogP contribution in [-0.2, 0) is 17.8 Å². The molecule has 0 heterocycles. The number of nitrogens with zero attached hydrogens (tertiary/aromatic N) is 1. The molecule has 4 N–H and O–H groups in total. The number of hydrogen-bond acceptors (Lipinski definition) is 3. The average molecular weight is 482 g/mol. The van der Waals surface area contributed by atoms with Crippen molar-refractivity contribution in [2.24, 2.45) is 10.7 Å². The Bertz CT molecular complexity index is 723. The molecule has 0 radical (unpaired) electrons. The van der Waals surface area contributed by atoms with Gasteiger partial charge in [0, 0.05) is 13.1 Å². The zero-order valence-electron chi connectivity index (χ0n) is 15.5. The Kier molecular flexibility index (Phi) is 10.9. The van der Waals surface area contributed by atoms with Crippen LogP contribution in [0.15, 0.2) is 59.6 Å². The van der Waals surface area contributed by atoms with Gasteiger partial charge >= 0.3 is 0 Å². The minimum Gasteiger partial charge on any atom is -0.484 e. The number of nitrogens with two attached hydrogens (primary N) is 1. The van der Waals surface area contributed by atoms with Gasteiger partial charge < -0.3 is 21.1 Å². The molecule has 2 aromatic rings. The fourth-order valence-corrected chi connectivity index (χ4v) is 2.37. The molecule has 2 rings (SSSR count). The lowest BCUT2D eigenvalue weighted by Gasteiger charge is -2.11. The van der Waals surface area contributed by atoms with Crippen LogP contribution in [0.2, 0.25) is 0 Å². The molecule has 0 unspecified atom stereocenters. The summed E-state index contributed by atoms with van der Waals surface area (Å²) in [6, 6.07) is 17.8. The Morgan fingerprint density at radius 3 is 2.52 bits per heavy atom. The lowest BCUT2D eigenvalue weighted by Crippen LogP contribution is -2.38. The predicted molar refractivity (Wildman–Crippen MR) is 120 cm³/mol. The van der Waals surface area contributed by atoms with Gasteiger partial charge in [-0.2, -0.15) is 0 Å². The van der Waals surface area contributed by atoms with E-state index in [1.807, 2.05) is 43.3 Å². The molecule has 27 heavy (non-hydrogen) atoms. The molecule has 0 saturated carbocycles. The smallest absolute Gasteiger partial charge is 0.255 e. The second kappa shape index (κ2) is 13.0. The summed E-state index contributed by atoms with van der Waals surface area (Å²) in [6.45, 7) is 4.01. The van der Waals surface area contributed by atoms with E-state index in [1.165, 1.54) is 5.56 Å². The number of hydrogen-bond donors (Lipinski definition) is 3. The maximum absolute atomic E-state index is 10.8. The van der Waals surface area contributed by atoms with Crippen molar-refractivity contribution in [3.05, 3.63) is 65.7 Å². The van der Waals surface area contributed by atoms with Crippen LogP contribution in [0, 0.1) is 0 Å². The Morgan fingerprint density at radius 2 is 1.81 bits per heavy atom. The highest BCUT2D eigenvalue weighted by atomic mass is 127. The summed E-state index contributed by atoms with van der Waals surface area (Å²) in [5, 5.41) is 6.58. The number of halogens is 1. The molecule has 0 saturated heterocycles. The van der Waals surface area contributed by atoms with Crippen molar-refractivity contribution in [3.8, 4) is 5.75 Å². The minimum absolute atomic E-state index is 0. The largest absolute Gasteiger partial charge is 0.484 e. The number of guanidine groups is 1. The fourth-order valence-electron chi connectivity index (χ4n) is 2.37. The second-order valence-electron chi connectivity index (χ2n) is 5.76. The number of ether oxygens (including phenoxy) is 1. The van der Waals surface area contributed by atoms with Gasteiger partial charge in [-0.3, -0.25) is 4.79 Å². The van der Waals surface area contributed by atoms with E-state index >= 15 is 0 Å². The number of carbonyl (C=O) groups is 1. The lowest BCUT2D eigenvalue weighted by molar-refractivity contribution is -0.119. The van der Waals surface area contributed by atoms with Crippen molar-refractivity contribution in [1.82, 2.24) is 10.6 Å². The molecule has 0 aliphatic rings. The van der Waals surface area contributed by atoms with Crippen molar-refractivity contribution in [2.45, 2.75) is 19.9 Å². The van der Waals surface area contributed by atoms with Gasteiger partial charge in [-0.25, -0.2) is 4.99 Å². The summed E-state index contributed by atoms with van der Waals surface area (Å²) < 4.78 is 5.32. The molecule has 0 aliphatic carbocycles. The molecule has 0 bridgehead atoms. The molecule has 0 aliphatic heterocycles. The number of nitrogens with one attached hydrogen (secondary N) is 2. The summed E-state index contributed by atoms with van der Waals surface area (Å²) in [4.78, 5) is 15.4. The molecular weight excluding hydrogens is 455 g/mol. The molecule has 0 fully saturated rings. The van der Waals surface area contributed by atoms with E-state index in [0.717, 1.165) is 31.0 Å². The highest BCUT2D eigenvalue weighted by molar-refractivity contribution is 14.0. The van der Waals surface area contributed by atoms with E-state index < -0.39 is 5.91 Å². The van der Waals surface area contributed by atoms with Gasteiger partial charge in [0.25, 0.3) is 5.91 Å². The van der Waals surface area contributed by atoms with Crippen molar-refractivity contribution in [3.63, 3.8) is 0 Å². The first-order valence-electron chi connectivity index (χ1n) is 8.73. The molecule has 6 nitrogen and oxygen atoms in total. The summed E-state index contributed by atoms with van der Waals surface area (Å²) >= 11 is 0. The van der Waals surface area contributed by atoms with E-state index in [4.69, 9.17) is 10.5 Å². The Hall–Kier alpha value is -2.29. The van der Waals surface area contributed by atoms with Crippen LogP contribution in [0.3, 0.4) is 0 Å². The first kappa shape index (κ1) is 22.8. The first-order chi connectivity index (χ1) is 12.7. The normalized spacial score (nSPS) is 10.6. The van der Waals surface area contributed by atoms with E-state index in [2.05, 4.69) is 27.8 Å². The third kappa shape index (κ3) is 9.28. The van der Waals surface area contributed by atoms with Crippen LogP contribution in [0.1, 0.15) is 18.1 Å². The molecule has 146 valence electrons. The Morgan fingerprint density at radius 1 is 1.07 bits per heavy atom. The number of primary amides is 1. The quantitative estimate of drug-likeness (QED) is 0.291. The minimum atomic E-state index is -0.495. The summed E-state index contributed by atoms with van der Waals surface area (Å²) in [5.74, 6) is 0.885. The fraction of sp³-hybridized carbons (Fsp3) is 0.300. The van der Waals surface area contributed by atoms with Crippen LogP contribution >= 0.6 is 24.0 Å². The number of amides is 1. The van der Waals surface area contributed by atoms with Crippen LogP contribution < -0.4 is 21.1 Å². The van der Waals surface area contributed by atoms with Gasteiger partial charge in [0.2, 0.25) is 0 Å². The molecule has 1 amide bonds. The predicted octanol–water partition coefficient (Wildman–Crippen LogP) is 2.47. The zero-order chi connectivity index (χ0) is 18.6. The van der Waals surface area contributed by atoms with Crippen molar-refractivity contribution >= 4 is 35.8 Å². The standard InChI is InChI=1S/C20H26N4O2.HI/c1-2-22-20(23-12-11-16-7-4-3-5-8-16)24-14-17-9-6-10-18(13-17)26-15-19(21)25;/h3-10,13H,2,11-12,14-15H2,1H3,(H2,21,25)(H2,22,23,24);1H. The van der Waals surface area contributed by atoms with Crippen molar-refractivity contribution < 1.29 is 9.53 Å². The van der Waals surface area contributed by atoms with Gasteiger partial charge in [0.05, 0.1) is 6.54 Å². The van der Waals surface area contributed by atoms with Crippen molar-refractivity contribution in [1.29, 1.82) is 0 Å². The van der Waals surface area contributed by atoms with Gasteiger partial charge in [0.15, 0.2) is 12.6 Å². The number of benzene rings is 2. The first-order valence-corrected chi connectivity index (χ1v) is 8.73. The van der Waals surface area contributed by atoms with Gasteiger partial charge in [-0.15, -0.1) is 24.0 Å². The third-order valence-electron chi connectivity index (χ3n) is 3.59. The molecular formula is C20H27IN4O2. The van der Waals surface area contributed by atoms with Gasteiger partial charge in [-0.05, 0) is 36.6 Å². The molecule has 0 spiro atoms. The van der Waals surface area contributed by atoms with E-state index in [9.17, 15) is 4.79 Å². The number of aliphatic imine (C=N–C) groups is 1. The molecule has 0 atom stereocenters. The second-order valence-corrected chi connectivity index (χ2v) is 5.76. The van der Waals surface area contributed by atoms with Crippen LogP contribution in [0.5, 0.6) is 5.75 Å². The average Bonchev–Trinajstić information content (AvgIpc) is 2.65. The summed E-state index contributed by atoms with van der Waals surface area (Å²) in [7, 11) is 0. The monoisotopic (exact) mass is 482 g/mol. The van der Waals surface area contributed by atoms with E-state index in [-0.39, 0.29) is 30.6 Å². The van der Waals surface area contributed by atoms with Gasteiger partial charge in [0.1, 0.15) is 5.75 Å². The molecule has 7 heteroatoms. The zero-order valence-corrected chi connectivity index (χ0v) is 17.8. The maximum Gasteiger partial charge on any atom is 0.255 e. The highest BCUT2D eigenvalue weighted by Gasteiger charge is 2.01. The van der Waals surface area contributed by atoms with Crippen LogP contribution in [-0.4, -0.2) is 31.6 Å².